The second-order valence-corrected chi connectivity index (χ2v) is 21.4. The Kier molecular flexibility index (Phi) is 9.79. The monoisotopic (exact) mass is 924 g/mol. The van der Waals surface area contributed by atoms with E-state index in [0.717, 1.165) is 59.8 Å². The fraction of sp³-hybridized carbons (Fsp3) is 0.231. The molecule has 322 valence electrons. The Hall–Kier alpha value is -5.20. The zero-order chi connectivity index (χ0) is 42.5. The number of carbonyl (C=O) groups is 2. The highest BCUT2D eigenvalue weighted by Crippen LogP contribution is 2.53. The van der Waals surface area contributed by atoms with Crippen molar-refractivity contribution in [2.75, 3.05) is 26.2 Å². The predicted molar refractivity (Wildman–Crippen MR) is 262 cm³/mol. The zero-order valence-electron chi connectivity index (χ0n) is 36.7. The molecule has 2 amide bonds. The summed E-state index contributed by atoms with van der Waals surface area (Å²) in [5.41, 5.74) is 15.1. The number of hydrogen-bond donors (Lipinski definition) is 0. The van der Waals surface area contributed by atoms with Gasteiger partial charge in [0.2, 0.25) is 33.3 Å². The van der Waals surface area contributed by atoms with Gasteiger partial charge in [0, 0.05) is 107 Å². The SMILES string of the molecule is Cl.Cl.Cn1cc(-c2cc[n+]3c(c2)C(C)(C)c2cc(C(=O)[N+]4(SS[N+]5(C(=O)c6ccc7c(c6)C(C)(C)c6cc(-c8cn(C)c9ccccc89)cc[n+]6-7)CC5)CC4)ccc2-3)c2ccccc21. The maximum absolute atomic E-state index is 14.5. The maximum Gasteiger partial charge on any atom is 0.358 e. The van der Waals surface area contributed by atoms with Crippen molar-refractivity contribution >= 4 is 80.4 Å². The molecule has 0 aliphatic carbocycles. The fourth-order valence-electron chi connectivity index (χ4n) is 10.3. The maximum atomic E-state index is 14.5. The number of hydrogen-bond acceptors (Lipinski definition) is 4. The molecule has 8 nitrogen and oxygen atoms in total. The van der Waals surface area contributed by atoms with Crippen LogP contribution in [0.25, 0.3) is 55.4 Å². The minimum atomic E-state index is -0.303. The average Bonchev–Trinajstić information content (AvgIpc) is 4.18. The van der Waals surface area contributed by atoms with E-state index < -0.39 is 0 Å². The number of halogens is 2. The molecule has 0 spiro atoms. The lowest BCUT2D eigenvalue weighted by atomic mass is 9.82. The lowest BCUT2D eigenvalue weighted by Gasteiger charge is -2.18. The summed E-state index contributed by atoms with van der Waals surface area (Å²) in [4.78, 5) is 29.0. The molecule has 2 saturated heterocycles. The van der Waals surface area contributed by atoms with Crippen LogP contribution in [0.5, 0.6) is 0 Å². The summed E-state index contributed by atoms with van der Waals surface area (Å²) in [7, 11) is 7.34. The van der Waals surface area contributed by atoms with Gasteiger partial charge in [-0.25, -0.2) is 9.59 Å². The quantitative estimate of drug-likeness (QED) is 0.0525. The van der Waals surface area contributed by atoms with Gasteiger partial charge in [-0.15, -0.1) is 24.8 Å². The molecular formula is C52H50Cl2N6O2S2+4. The van der Waals surface area contributed by atoms with E-state index in [0.29, 0.717) is 7.78 Å². The molecule has 8 heterocycles. The molecule has 0 saturated carbocycles. The van der Waals surface area contributed by atoms with E-state index in [1.807, 2.05) is 12.1 Å². The van der Waals surface area contributed by atoms with Gasteiger partial charge >= 0.3 is 11.8 Å². The van der Waals surface area contributed by atoms with Crippen LogP contribution in [-0.2, 0) is 24.9 Å². The van der Waals surface area contributed by atoms with Crippen LogP contribution < -0.4 is 9.13 Å². The molecule has 0 N–H and O–H groups in total. The number of rotatable bonds is 7. The molecule has 4 aliphatic heterocycles. The number of carbonyl (C=O) groups excluding carboxylic acids is 2. The van der Waals surface area contributed by atoms with Crippen molar-refractivity contribution in [2.45, 2.75) is 38.5 Å². The van der Waals surface area contributed by atoms with Crippen molar-refractivity contribution in [3.05, 3.63) is 168 Å². The molecule has 4 aromatic heterocycles. The number of amides is 2. The van der Waals surface area contributed by atoms with E-state index in [1.165, 1.54) is 55.4 Å². The number of fused-ring (bicyclic) bond motifs is 8. The fourth-order valence-corrected chi connectivity index (χ4v) is 13.4. The molecule has 0 unspecified atom stereocenters. The van der Waals surface area contributed by atoms with E-state index in [4.69, 9.17) is 0 Å². The van der Waals surface area contributed by atoms with Crippen LogP contribution in [0.3, 0.4) is 0 Å². The largest absolute Gasteiger partial charge is 0.358 e. The van der Waals surface area contributed by atoms with E-state index in [2.05, 4.69) is 182 Å². The van der Waals surface area contributed by atoms with Gasteiger partial charge in [0.25, 0.3) is 0 Å². The first-order valence-corrected chi connectivity index (χ1v) is 23.6. The molecule has 64 heavy (non-hydrogen) atoms. The van der Waals surface area contributed by atoms with Gasteiger partial charge < -0.3 is 9.13 Å². The Morgan fingerprint density at radius 1 is 0.547 bits per heavy atom. The van der Waals surface area contributed by atoms with Gasteiger partial charge in [-0.3, -0.25) is 0 Å². The molecule has 0 bridgehead atoms. The number of para-hydroxylation sites is 2. The van der Waals surface area contributed by atoms with Crippen LogP contribution in [0.4, 0.5) is 0 Å². The second-order valence-electron chi connectivity index (χ2n) is 18.8. The Balaban J connectivity index is 0.00000242. The van der Waals surface area contributed by atoms with Crippen molar-refractivity contribution in [1.29, 1.82) is 0 Å². The lowest BCUT2D eigenvalue weighted by molar-refractivity contribution is -0.600. The van der Waals surface area contributed by atoms with Crippen LogP contribution in [0.1, 0.15) is 70.9 Å². The van der Waals surface area contributed by atoms with Crippen LogP contribution in [0.15, 0.2) is 134 Å². The van der Waals surface area contributed by atoms with Crippen molar-refractivity contribution in [3.63, 3.8) is 0 Å². The molecule has 8 aromatic rings. The second kappa shape index (κ2) is 14.7. The van der Waals surface area contributed by atoms with E-state index in [-0.39, 0.29) is 47.5 Å². The number of benzene rings is 4. The summed E-state index contributed by atoms with van der Waals surface area (Å²) in [6, 6.07) is 38.7. The first-order chi connectivity index (χ1) is 29.8. The summed E-state index contributed by atoms with van der Waals surface area (Å²) >= 11 is 0. The minimum Gasteiger partial charge on any atom is -0.350 e. The zero-order valence-corrected chi connectivity index (χ0v) is 39.9. The van der Waals surface area contributed by atoms with Crippen LogP contribution in [0, 0.1) is 0 Å². The normalized spacial score (nSPS) is 17.2. The first-order valence-electron chi connectivity index (χ1n) is 21.5. The molecule has 4 aliphatic rings. The Labute approximate surface area is 393 Å². The van der Waals surface area contributed by atoms with E-state index >= 15 is 0 Å². The third kappa shape index (κ3) is 6.13. The van der Waals surface area contributed by atoms with Gasteiger partial charge in [0.15, 0.2) is 23.8 Å². The third-order valence-electron chi connectivity index (χ3n) is 14.3. The Bertz CT molecular complexity index is 3090. The van der Waals surface area contributed by atoms with Gasteiger partial charge in [0.05, 0.1) is 22.0 Å². The minimum absolute atomic E-state index is 0. The highest BCUT2D eigenvalue weighted by atomic mass is 35.5. The molecule has 12 heteroatoms. The van der Waals surface area contributed by atoms with E-state index in [1.54, 1.807) is 22.0 Å². The average molecular weight is 926 g/mol. The summed E-state index contributed by atoms with van der Waals surface area (Å²) in [5.74, 6) is 0.228. The van der Waals surface area contributed by atoms with Crippen molar-refractivity contribution in [3.8, 4) is 33.6 Å². The van der Waals surface area contributed by atoms with Gasteiger partial charge in [-0.05, 0) is 75.2 Å². The first kappa shape index (κ1) is 42.7. The molecular weight excluding hydrogens is 876 g/mol. The third-order valence-corrected chi connectivity index (χ3v) is 17.9. The summed E-state index contributed by atoms with van der Waals surface area (Å²) in [6.45, 7) is 12.1. The number of aromatic nitrogens is 4. The number of quaternary nitrogens is 2. The van der Waals surface area contributed by atoms with Crippen molar-refractivity contribution in [1.82, 2.24) is 9.13 Å². The smallest absolute Gasteiger partial charge is 0.350 e. The standard InChI is InChI=1S/C52H48N6O2S2.2ClH/c1-51(2)41-27-35(15-17-45(41)55-21-19-33(29-47(51)55)39-31-53(5)43-13-9-7-11-37(39)43)49(59)57(23-24-57)61-62-58(25-26-58)50(60)36-16-18-46-42(28-36)52(3,4)48-30-34(20-22-56(46)48)40-32-54(6)44-14-10-8-12-38(40)44;;/h7-22,27-32H,23-26H2,1-6H3;2*1H/q+4;;. The molecule has 4 aromatic carbocycles. The highest BCUT2D eigenvalue weighted by Gasteiger charge is 2.61. The highest BCUT2D eigenvalue weighted by molar-refractivity contribution is 8.72. The number of aryl methyl sites for hydroxylation is 2. The Morgan fingerprint density at radius 3 is 1.33 bits per heavy atom. The number of pyridine rings is 2. The van der Waals surface area contributed by atoms with Crippen LogP contribution in [0.2, 0.25) is 0 Å². The number of nitrogens with zero attached hydrogens (tertiary/aromatic N) is 6. The molecule has 2 fully saturated rings. The van der Waals surface area contributed by atoms with Crippen molar-refractivity contribution < 1.29 is 26.5 Å². The predicted octanol–water partition coefficient (Wildman–Crippen LogP) is 10.5. The topological polar surface area (TPSA) is 51.8 Å². The van der Waals surface area contributed by atoms with Gasteiger partial charge in [-0.1, -0.05) is 36.4 Å². The summed E-state index contributed by atoms with van der Waals surface area (Å²) < 4.78 is 9.55. The molecule has 0 atom stereocenters. The summed E-state index contributed by atoms with van der Waals surface area (Å²) in [6.07, 6.45) is 8.80. The Morgan fingerprint density at radius 2 is 0.938 bits per heavy atom. The van der Waals surface area contributed by atoms with Crippen LogP contribution >= 0.6 is 46.8 Å². The summed E-state index contributed by atoms with van der Waals surface area (Å²) in [5, 5.41) is 2.48. The van der Waals surface area contributed by atoms with Gasteiger partial charge in [-0.2, -0.15) is 16.9 Å². The van der Waals surface area contributed by atoms with Crippen LogP contribution in [-0.4, -0.2) is 54.9 Å². The van der Waals surface area contributed by atoms with E-state index in [9.17, 15) is 9.59 Å². The molecule has 12 rings (SSSR count). The molecule has 0 radical (unpaired) electrons. The lowest BCUT2D eigenvalue weighted by Crippen LogP contribution is -2.34. The van der Waals surface area contributed by atoms with Gasteiger partial charge in [0.1, 0.15) is 26.2 Å². The van der Waals surface area contributed by atoms with Crippen molar-refractivity contribution in [2.24, 2.45) is 14.1 Å².